The van der Waals surface area contributed by atoms with Gasteiger partial charge in [0, 0.05) is 6.42 Å². The van der Waals surface area contributed by atoms with Crippen LogP contribution in [0.1, 0.15) is 40.0 Å². The van der Waals surface area contributed by atoms with Crippen LogP contribution < -0.4 is 0 Å². The largest absolute Gasteiger partial charge is 0.466 e. The van der Waals surface area contributed by atoms with E-state index in [-0.39, 0.29) is 25.0 Å². The number of hydrogen-bond donors (Lipinski definition) is 0. The minimum atomic E-state index is -0.806. The smallest absolute Gasteiger partial charge is 0.308 e. The van der Waals surface area contributed by atoms with E-state index in [2.05, 4.69) is 0 Å². The second-order valence-electron chi connectivity index (χ2n) is 6.31. The summed E-state index contributed by atoms with van der Waals surface area (Å²) in [4.78, 5) is 25.4. The highest BCUT2D eigenvalue weighted by Crippen LogP contribution is 2.30. The lowest BCUT2D eigenvalue weighted by Crippen LogP contribution is -2.31. The van der Waals surface area contributed by atoms with Gasteiger partial charge >= 0.3 is 11.9 Å². The molecule has 1 rings (SSSR count). The standard InChI is InChI=1S/C16H29NO6/c1-6-20-15(19)10-12-13(23-16(2,3)22-12)11-21-14(18)8-7-9-17(4)5/h12-13H,6-11H2,1-5H3/t12-,13-/m1/s1. The first kappa shape index (κ1) is 19.9. The van der Waals surface area contributed by atoms with Crippen LogP contribution in [0.2, 0.25) is 0 Å². The Morgan fingerprint density at radius 2 is 1.74 bits per heavy atom. The molecule has 134 valence electrons. The van der Waals surface area contributed by atoms with Crippen molar-refractivity contribution in [3.05, 3.63) is 0 Å². The van der Waals surface area contributed by atoms with Gasteiger partial charge in [-0.15, -0.1) is 0 Å². The lowest BCUT2D eigenvalue weighted by molar-refractivity contribution is -0.161. The summed E-state index contributed by atoms with van der Waals surface area (Å²) in [5.41, 5.74) is 0. The van der Waals surface area contributed by atoms with Crippen molar-refractivity contribution in [2.24, 2.45) is 0 Å². The van der Waals surface area contributed by atoms with Gasteiger partial charge in [0.1, 0.15) is 18.8 Å². The topological polar surface area (TPSA) is 74.3 Å². The molecular weight excluding hydrogens is 302 g/mol. The van der Waals surface area contributed by atoms with E-state index in [1.54, 1.807) is 20.8 Å². The van der Waals surface area contributed by atoms with Gasteiger partial charge in [-0.1, -0.05) is 0 Å². The Morgan fingerprint density at radius 3 is 2.35 bits per heavy atom. The molecule has 1 saturated heterocycles. The van der Waals surface area contributed by atoms with Gasteiger partial charge in [-0.05, 0) is 47.8 Å². The molecule has 2 atom stereocenters. The maximum Gasteiger partial charge on any atom is 0.308 e. The Balaban J connectivity index is 2.42. The molecule has 0 aromatic rings. The number of carbonyl (C=O) groups excluding carboxylic acids is 2. The van der Waals surface area contributed by atoms with Gasteiger partial charge in [0.25, 0.3) is 0 Å². The van der Waals surface area contributed by atoms with Gasteiger partial charge in [-0.3, -0.25) is 9.59 Å². The van der Waals surface area contributed by atoms with Crippen molar-refractivity contribution in [2.45, 2.75) is 58.0 Å². The van der Waals surface area contributed by atoms with Crippen molar-refractivity contribution in [1.82, 2.24) is 4.90 Å². The van der Waals surface area contributed by atoms with E-state index in [0.717, 1.165) is 13.0 Å². The van der Waals surface area contributed by atoms with E-state index in [0.29, 0.717) is 13.0 Å². The van der Waals surface area contributed by atoms with Crippen LogP contribution in [0.15, 0.2) is 0 Å². The summed E-state index contributed by atoms with van der Waals surface area (Å²) in [6, 6.07) is 0. The second kappa shape index (κ2) is 9.20. The number of esters is 2. The fraction of sp³-hybridized carbons (Fsp3) is 0.875. The predicted octanol–water partition coefficient (Wildman–Crippen LogP) is 1.34. The van der Waals surface area contributed by atoms with E-state index in [1.807, 2.05) is 19.0 Å². The molecule has 1 aliphatic heterocycles. The molecule has 1 fully saturated rings. The molecule has 0 aliphatic carbocycles. The van der Waals surface area contributed by atoms with Crippen molar-refractivity contribution in [2.75, 3.05) is 33.9 Å². The van der Waals surface area contributed by atoms with Crippen LogP contribution >= 0.6 is 0 Å². The molecule has 7 heteroatoms. The average Bonchev–Trinajstić information content (AvgIpc) is 2.70. The number of hydrogen-bond acceptors (Lipinski definition) is 7. The van der Waals surface area contributed by atoms with Crippen LogP contribution in [-0.4, -0.2) is 68.7 Å². The lowest BCUT2D eigenvalue weighted by atomic mass is 10.1. The predicted molar refractivity (Wildman–Crippen MR) is 83.8 cm³/mol. The van der Waals surface area contributed by atoms with Crippen LogP contribution in [0, 0.1) is 0 Å². The molecule has 1 aliphatic rings. The highest BCUT2D eigenvalue weighted by Gasteiger charge is 2.43. The molecule has 0 N–H and O–H groups in total. The molecule has 0 spiro atoms. The molecule has 0 amide bonds. The molecule has 7 nitrogen and oxygen atoms in total. The summed E-state index contributed by atoms with van der Waals surface area (Å²) in [7, 11) is 3.91. The molecule has 0 unspecified atom stereocenters. The number of ether oxygens (including phenoxy) is 4. The summed E-state index contributed by atoms with van der Waals surface area (Å²) in [5.74, 6) is -1.42. The third-order valence-electron chi connectivity index (χ3n) is 3.35. The van der Waals surface area contributed by atoms with Crippen LogP contribution in [-0.2, 0) is 28.5 Å². The Morgan fingerprint density at radius 1 is 1.09 bits per heavy atom. The second-order valence-corrected chi connectivity index (χ2v) is 6.31. The third-order valence-corrected chi connectivity index (χ3v) is 3.35. The molecule has 0 bridgehead atoms. The summed E-state index contributed by atoms with van der Waals surface area (Å²) in [6.07, 6.45) is 0.245. The zero-order valence-corrected chi connectivity index (χ0v) is 14.8. The minimum absolute atomic E-state index is 0.0777. The summed E-state index contributed by atoms with van der Waals surface area (Å²) in [6.45, 7) is 6.52. The number of rotatable bonds is 9. The van der Waals surface area contributed by atoms with E-state index in [1.165, 1.54) is 0 Å². The normalized spacial score (nSPS) is 23.0. The zero-order valence-electron chi connectivity index (χ0n) is 14.8. The van der Waals surface area contributed by atoms with Crippen molar-refractivity contribution < 1.29 is 28.5 Å². The Labute approximate surface area is 138 Å². The first-order chi connectivity index (χ1) is 10.7. The summed E-state index contributed by atoms with van der Waals surface area (Å²) < 4.78 is 21.6. The maximum absolute atomic E-state index is 11.7. The van der Waals surface area contributed by atoms with E-state index < -0.39 is 18.0 Å². The van der Waals surface area contributed by atoms with E-state index >= 15 is 0 Å². The van der Waals surface area contributed by atoms with Crippen LogP contribution in [0.5, 0.6) is 0 Å². The molecule has 0 aromatic carbocycles. The number of carbonyl (C=O) groups is 2. The Hall–Kier alpha value is -1.18. The van der Waals surface area contributed by atoms with Crippen molar-refractivity contribution in [3.8, 4) is 0 Å². The highest BCUT2D eigenvalue weighted by atomic mass is 16.8. The average molecular weight is 331 g/mol. The van der Waals surface area contributed by atoms with Gasteiger partial charge in [-0.2, -0.15) is 0 Å². The Bertz CT molecular complexity index is 396. The molecular formula is C16H29NO6. The highest BCUT2D eigenvalue weighted by molar-refractivity contribution is 5.70. The molecule has 23 heavy (non-hydrogen) atoms. The SMILES string of the molecule is CCOC(=O)C[C@H]1OC(C)(C)O[C@@H]1COC(=O)CCCN(C)C. The van der Waals surface area contributed by atoms with Crippen molar-refractivity contribution >= 4 is 11.9 Å². The van der Waals surface area contributed by atoms with Gasteiger partial charge in [-0.25, -0.2) is 0 Å². The molecule has 1 heterocycles. The number of nitrogens with zero attached hydrogens (tertiary/aromatic N) is 1. The molecule has 0 aromatic heterocycles. The fourth-order valence-electron chi connectivity index (χ4n) is 2.39. The Kier molecular flexibility index (Phi) is 7.94. The van der Waals surface area contributed by atoms with E-state index in [4.69, 9.17) is 18.9 Å². The van der Waals surface area contributed by atoms with Crippen LogP contribution in [0.25, 0.3) is 0 Å². The van der Waals surface area contributed by atoms with Crippen LogP contribution in [0.4, 0.5) is 0 Å². The van der Waals surface area contributed by atoms with Gasteiger partial charge in [0.05, 0.1) is 13.0 Å². The monoisotopic (exact) mass is 331 g/mol. The fourth-order valence-corrected chi connectivity index (χ4v) is 2.39. The minimum Gasteiger partial charge on any atom is -0.466 e. The summed E-state index contributed by atoms with van der Waals surface area (Å²) >= 11 is 0. The summed E-state index contributed by atoms with van der Waals surface area (Å²) in [5, 5.41) is 0. The quantitative estimate of drug-likeness (QED) is 0.590. The van der Waals surface area contributed by atoms with Crippen molar-refractivity contribution in [1.29, 1.82) is 0 Å². The molecule has 0 radical (unpaired) electrons. The first-order valence-corrected chi connectivity index (χ1v) is 8.05. The van der Waals surface area contributed by atoms with Gasteiger partial charge in [0.2, 0.25) is 0 Å². The van der Waals surface area contributed by atoms with Gasteiger partial charge in [0.15, 0.2) is 5.79 Å². The van der Waals surface area contributed by atoms with E-state index in [9.17, 15) is 9.59 Å². The maximum atomic E-state index is 11.7. The third kappa shape index (κ3) is 7.76. The zero-order chi connectivity index (χ0) is 17.5. The van der Waals surface area contributed by atoms with Crippen molar-refractivity contribution in [3.63, 3.8) is 0 Å². The lowest BCUT2D eigenvalue weighted by Gasteiger charge is -2.17. The first-order valence-electron chi connectivity index (χ1n) is 8.05. The molecule has 0 saturated carbocycles. The van der Waals surface area contributed by atoms with Crippen LogP contribution in [0.3, 0.4) is 0 Å². The van der Waals surface area contributed by atoms with Gasteiger partial charge < -0.3 is 23.8 Å².